The Balaban J connectivity index is 3.59. The molecule has 2 nitrogen and oxygen atoms in total. The number of carbonyl (C=O) groups excluding carboxylic acids is 1. The van der Waals surface area contributed by atoms with Crippen LogP contribution in [0.15, 0.2) is 6.07 Å². The largest absolute Gasteiger partial charge is 0.507 e. The van der Waals surface area contributed by atoms with Crippen LogP contribution in [0.3, 0.4) is 0 Å². The second kappa shape index (κ2) is 4.46. The van der Waals surface area contributed by atoms with Crippen molar-refractivity contribution in [2.45, 2.75) is 39.5 Å². The maximum Gasteiger partial charge on any atom is 0.154 e. The number of carbonyl (C=O) groups is 1. The Hall–Kier alpha value is -1.02. The lowest BCUT2D eigenvalue weighted by Gasteiger charge is -2.23. The topological polar surface area (TPSA) is 37.3 Å². The third kappa shape index (κ3) is 2.22. The van der Waals surface area contributed by atoms with E-state index >= 15 is 0 Å². The average Bonchev–Trinajstić information content (AvgIpc) is 2.18. The molecule has 0 unspecified atom stereocenters. The van der Waals surface area contributed by atoms with Gasteiger partial charge >= 0.3 is 0 Å². The number of hydrogen-bond donors (Lipinski definition) is 1. The van der Waals surface area contributed by atoms with E-state index in [0.717, 1.165) is 0 Å². The van der Waals surface area contributed by atoms with Gasteiger partial charge in [-0.3, -0.25) is 4.79 Å². The SMILES string of the molecule is CCc1c(Cl)cc(C(C)(C)C)c(O)c1C=O. The number of phenolic OH excluding ortho intramolecular Hbond substituents is 1. The highest BCUT2D eigenvalue weighted by Gasteiger charge is 2.23. The first kappa shape index (κ1) is 13.0. The zero-order valence-corrected chi connectivity index (χ0v) is 10.9. The molecule has 1 N–H and O–H groups in total. The van der Waals surface area contributed by atoms with Crippen LogP contribution in [-0.2, 0) is 11.8 Å². The van der Waals surface area contributed by atoms with Crippen molar-refractivity contribution in [1.82, 2.24) is 0 Å². The van der Waals surface area contributed by atoms with Crippen LogP contribution in [0.4, 0.5) is 0 Å². The Morgan fingerprint density at radius 2 is 2.00 bits per heavy atom. The van der Waals surface area contributed by atoms with E-state index in [1.165, 1.54) is 0 Å². The molecule has 0 aliphatic carbocycles. The van der Waals surface area contributed by atoms with Crippen LogP contribution in [-0.4, -0.2) is 11.4 Å². The molecule has 1 aromatic rings. The molecule has 0 spiro atoms. The van der Waals surface area contributed by atoms with Gasteiger partial charge < -0.3 is 5.11 Å². The van der Waals surface area contributed by atoms with Gasteiger partial charge in [0.05, 0.1) is 5.56 Å². The quantitative estimate of drug-likeness (QED) is 0.800. The summed E-state index contributed by atoms with van der Waals surface area (Å²) in [6.45, 7) is 7.82. The molecule has 0 aromatic heterocycles. The van der Waals surface area contributed by atoms with Crippen LogP contribution in [0.1, 0.15) is 49.2 Å². The summed E-state index contributed by atoms with van der Waals surface area (Å²) in [5, 5.41) is 10.6. The lowest BCUT2D eigenvalue weighted by molar-refractivity contribution is 0.112. The highest BCUT2D eigenvalue weighted by Crippen LogP contribution is 2.38. The van der Waals surface area contributed by atoms with E-state index < -0.39 is 0 Å². The highest BCUT2D eigenvalue weighted by atomic mass is 35.5. The van der Waals surface area contributed by atoms with Gasteiger partial charge in [0.25, 0.3) is 0 Å². The summed E-state index contributed by atoms with van der Waals surface area (Å²) < 4.78 is 0. The first-order valence-electron chi connectivity index (χ1n) is 5.32. The maximum absolute atomic E-state index is 11.0. The van der Waals surface area contributed by atoms with Gasteiger partial charge in [-0.1, -0.05) is 39.3 Å². The fourth-order valence-corrected chi connectivity index (χ4v) is 2.10. The van der Waals surface area contributed by atoms with Gasteiger partial charge in [-0.2, -0.15) is 0 Å². The van der Waals surface area contributed by atoms with E-state index in [2.05, 4.69) is 0 Å². The lowest BCUT2D eigenvalue weighted by atomic mass is 9.84. The minimum absolute atomic E-state index is 0.0590. The Kier molecular flexibility index (Phi) is 3.64. The first-order valence-corrected chi connectivity index (χ1v) is 5.70. The van der Waals surface area contributed by atoms with Crippen molar-refractivity contribution < 1.29 is 9.90 Å². The van der Waals surface area contributed by atoms with Gasteiger partial charge in [0, 0.05) is 10.6 Å². The number of phenols is 1. The summed E-state index contributed by atoms with van der Waals surface area (Å²) in [6, 6.07) is 1.75. The van der Waals surface area contributed by atoms with E-state index in [-0.39, 0.29) is 11.2 Å². The number of halogens is 1. The molecule has 0 aliphatic heterocycles. The van der Waals surface area contributed by atoms with Crippen molar-refractivity contribution >= 4 is 17.9 Å². The van der Waals surface area contributed by atoms with E-state index in [1.807, 2.05) is 27.7 Å². The summed E-state index contributed by atoms with van der Waals surface area (Å²) in [5.74, 6) is 0.0590. The van der Waals surface area contributed by atoms with E-state index in [1.54, 1.807) is 6.07 Å². The third-order valence-corrected chi connectivity index (χ3v) is 3.01. The number of hydrogen-bond acceptors (Lipinski definition) is 2. The second-order valence-electron chi connectivity index (χ2n) is 4.87. The van der Waals surface area contributed by atoms with Gasteiger partial charge in [0.15, 0.2) is 6.29 Å². The van der Waals surface area contributed by atoms with E-state index in [0.29, 0.717) is 34.4 Å². The summed E-state index contributed by atoms with van der Waals surface area (Å²) >= 11 is 6.12. The maximum atomic E-state index is 11.0. The van der Waals surface area contributed by atoms with Crippen molar-refractivity contribution in [2.24, 2.45) is 0 Å². The number of rotatable bonds is 2. The molecule has 88 valence electrons. The number of aldehydes is 1. The molecule has 1 rings (SSSR count). The predicted molar refractivity (Wildman–Crippen MR) is 66.6 cm³/mol. The summed E-state index contributed by atoms with van der Waals surface area (Å²) in [5.41, 5.74) is 1.50. The minimum Gasteiger partial charge on any atom is -0.507 e. The van der Waals surface area contributed by atoms with Crippen LogP contribution in [0.5, 0.6) is 5.75 Å². The first-order chi connectivity index (χ1) is 7.32. The third-order valence-electron chi connectivity index (χ3n) is 2.67. The molecule has 16 heavy (non-hydrogen) atoms. The average molecular weight is 241 g/mol. The zero-order chi connectivity index (χ0) is 12.5. The second-order valence-corrected chi connectivity index (χ2v) is 5.28. The number of aromatic hydroxyl groups is 1. The van der Waals surface area contributed by atoms with Crippen molar-refractivity contribution in [3.8, 4) is 5.75 Å². The summed E-state index contributed by atoms with van der Waals surface area (Å²) in [7, 11) is 0. The van der Waals surface area contributed by atoms with Crippen molar-refractivity contribution in [3.05, 3.63) is 27.8 Å². The van der Waals surface area contributed by atoms with E-state index in [4.69, 9.17) is 11.6 Å². The van der Waals surface area contributed by atoms with Crippen molar-refractivity contribution in [1.29, 1.82) is 0 Å². The molecule has 0 aliphatic rings. The van der Waals surface area contributed by atoms with Gasteiger partial charge in [-0.05, 0) is 23.5 Å². The number of benzene rings is 1. The molecule has 0 heterocycles. The van der Waals surface area contributed by atoms with Crippen LogP contribution in [0.25, 0.3) is 0 Å². The monoisotopic (exact) mass is 240 g/mol. The molecule has 0 saturated carbocycles. The Morgan fingerprint density at radius 3 is 2.38 bits per heavy atom. The standard InChI is InChI=1S/C13H17ClO2/c1-5-8-9(7-15)12(16)10(6-11(8)14)13(2,3)4/h6-7,16H,5H2,1-4H3. The van der Waals surface area contributed by atoms with Crippen LogP contribution >= 0.6 is 11.6 Å². The van der Waals surface area contributed by atoms with E-state index in [9.17, 15) is 9.90 Å². The Bertz CT molecular complexity index is 417. The van der Waals surface area contributed by atoms with Gasteiger partial charge in [0.2, 0.25) is 0 Å². The molecule has 0 amide bonds. The Labute approximate surface area is 101 Å². The van der Waals surface area contributed by atoms with Crippen LogP contribution in [0.2, 0.25) is 5.02 Å². The highest BCUT2D eigenvalue weighted by molar-refractivity contribution is 6.32. The molecule has 3 heteroatoms. The van der Waals surface area contributed by atoms with Crippen molar-refractivity contribution in [2.75, 3.05) is 0 Å². The minimum atomic E-state index is -0.238. The normalized spacial score (nSPS) is 11.6. The van der Waals surface area contributed by atoms with Gasteiger partial charge in [-0.25, -0.2) is 0 Å². The molecular weight excluding hydrogens is 224 g/mol. The zero-order valence-electron chi connectivity index (χ0n) is 10.1. The molecule has 0 radical (unpaired) electrons. The Morgan fingerprint density at radius 1 is 1.44 bits per heavy atom. The van der Waals surface area contributed by atoms with Crippen LogP contribution in [0, 0.1) is 0 Å². The van der Waals surface area contributed by atoms with Crippen molar-refractivity contribution in [3.63, 3.8) is 0 Å². The molecule has 1 aromatic carbocycles. The fourth-order valence-electron chi connectivity index (χ4n) is 1.76. The summed E-state index contributed by atoms with van der Waals surface area (Å²) in [6.07, 6.45) is 1.31. The molecule has 0 bridgehead atoms. The molecule has 0 saturated heterocycles. The summed E-state index contributed by atoms with van der Waals surface area (Å²) in [4.78, 5) is 11.0. The lowest BCUT2D eigenvalue weighted by Crippen LogP contribution is -2.13. The smallest absolute Gasteiger partial charge is 0.154 e. The van der Waals surface area contributed by atoms with Gasteiger partial charge in [-0.15, -0.1) is 0 Å². The fraction of sp³-hybridized carbons (Fsp3) is 0.462. The van der Waals surface area contributed by atoms with Gasteiger partial charge in [0.1, 0.15) is 5.75 Å². The molecule has 0 fully saturated rings. The molecule has 0 atom stereocenters. The van der Waals surface area contributed by atoms with Crippen LogP contribution < -0.4 is 0 Å². The molecular formula is C13H17ClO2. The predicted octanol–water partition coefficient (Wildman–Crippen LogP) is 3.72.